The van der Waals surface area contributed by atoms with Gasteiger partial charge in [-0.3, -0.25) is 4.79 Å². The van der Waals surface area contributed by atoms with Crippen molar-refractivity contribution in [2.75, 3.05) is 6.61 Å². The molecule has 0 saturated carbocycles. The summed E-state index contributed by atoms with van der Waals surface area (Å²) in [7, 11) is 1.48. The standard InChI is InChI=1S/C23H26BClFO4/c1-2-9-23(14-27,22(29)30)12-17(13-24-15-28)10-16-3-5-18(6-4-16)20-11-19(25)7-8-21(20)26/h3-8,11,15,17,27H,2,9-10,12-14H2,1H3,(H,29,30)/t17-,23?/m1/s1. The van der Waals surface area contributed by atoms with Crippen LogP contribution in [0.5, 0.6) is 0 Å². The van der Waals surface area contributed by atoms with Crippen molar-refractivity contribution in [2.45, 2.75) is 38.9 Å². The highest BCUT2D eigenvalue weighted by molar-refractivity contribution is 6.66. The highest BCUT2D eigenvalue weighted by Crippen LogP contribution is 2.35. The zero-order chi connectivity index (χ0) is 22.1. The zero-order valence-corrected chi connectivity index (χ0v) is 17.7. The Balaban J connectivity index is 2.22. The van der Waals surface area contributed by atoms with Crippen LogP contribution in [0.4, 0.5) is 4.39 Å². The van der Waals surface area contributed by atoms with Crippen molar-refractivity contribution in [3.63, 3.8) is 0 Å². The third kappa shape index (κ3) is 6.16. The molecule has 1 unspecified atom stereocenters. The molecule has 7 heteroatoms. The van der Waals surface area contributed by atoms with Crippen molar-refractivity contribution >= 4 is 31.0 Å². The minimum absolute atomic E-state index is 0.126. The van der Waals surface area contributed by atoms with Gasteiger partial charge in [-0.2, -0.15) is 0 Å². The highest BCUT2D eigenvalue weighted by Gasteiger charge is 2.39. The van der Waals surface area contributed by atoms with E-state index in [9.17, 15) is 24.2 Å². The van der Waals surface area contributed by atoms with Gasteiger partial charge in [0.05, 0.1) is 18.2 Å². The second kappa shape index (κ2) is 11.3. The molecule has 1 radical (unpaired) electrons. The summed E-state index contributed by atoms with van der Waals surface area (Å²) in [5.41, 5.74) is 0.822. The van der Waals surface area contributed by atoms with Crippen molar-refractivity contribution in [3.8, 4) is 11.1 Å². The van der Waals surface area contributed by atoms with Crippen LogP contribution in [0.3, 0.4) is 0 Å². The molecule has 4 nitrogen and oxygen atoms in total. The first-order chi connectivity index (χ1) is 14.3. The first-order valence-corrected chi connectivity index (χ1v) is 10.4. The summed E-state index contributed by atoms with van der Waals surface area (Å²) in [5, 5.41) is 20.0. The monoisotopic (exact) mass is 431 g/mol. The average Bonchev–Trinajstić information content (AvgIpc) is 2.73. The number of aliphatic carboxylic acids is 1. The van der Waals surface area contributed by atoms with Crippen LogP contribution < -0.4 is 0 Å². The second-order valence-corrected chi connectivity index (χ2v) is 8.13. The number of halogens is 2. The van der Waals surface area contributed by atoms with Gasteiger partial charge in [-0.1, -0.05) is 55.5 Å². The number of carbonyl (C=O) groups excluding carboxylic acids is 1. The van der Waals surface area contributed by atoms with Crippen molar-refractivity contribution in [3.05, 3.63) is 58.9 Å². The average molecular weight is 432 g/mol. The molecule has 0 aliphatic carbocycles. The molecule has 0 heterocycles. The molecule has 2 N–H and O–H groups in total. The summed E-state index contributed by atoms with van der Waals surface area (Å²) in [6.45, 7) is 1.44. The predicted molar refractivity (Wildman–Crippen MR) is 118 cm³/mol. The highest BCUT2D eigenvalue weighted by atomic mass is 35.5. The Morgan fingerprint density at radius 3 is 2.53 bits per heavy atom. The molecule has 0 aliphatic rings. The smallest absolute Gasteiger partial charge is 0.311 e. The van der Waals surface area contributed by atoms with Crippen LogP contribution in [-0.4, -0.2) is 36.3 Å². The minimum atomic E-state index is -1.22. The van der Waals surface area contributed by atoms with Gasteiger partial charge < -0.3 is 15.0 Å². The Morgan fingerprint density at radius 2 is 1.97 bits per heavy atom. The van der Waals surface area contributed by atoms with Gasteiger partial charge in [0.2, 0.25) is 0 Å². The molecule has 0 aromatic heterocycles. The number of aliphatic hydroxyl groups excluding tert-OH is 1. The molecule has 159 valence electrons. The van der Waals surface area contributed by atoms with E-state index in [1.54, 1.807) is 18.2 Å². The number of carboxylic acids is 1. The Kier molecular flexibility index (Phi) is 9.06. The largest absolute Gasteiger partial charge is 0.481 e. The van der Waals surface area contributed by atoms with Crippen LogP contribution in [0.15, 0.2) is 42.5 Å². The lowest BCUT2D eigenvalue weighted by Gasteiger charge is -2.31. The fraction of sp³-hybridized carbons (Fsp3) is 0.391. The predicted octanol–water partition coefficient (Wildman–Crippen LogP) is 4.87. The molecule has 2 rings (SSSR count). The molecule has 2 aromatic carbocycles. The van der Waals surface area contributed by atoms with Crippen molar-refractivity contribution in [2.24, 2.45) is 11.3 Å². The summed E-state index contributed by atoms with van der Waals surface area (Å²) in [4.78, 5) is 22.7. The van der Waals surface area contributed by atoms with Crippen LogP contribution in [0.2, 0.25) is 11.3 Å². The molecule has 30 heavy (non-hydrogen) atoms. The van der Waals surface area contributed by atoms with E-state index >= 15 is 0 Å². The maximum atomic E-state index is 14.1. The number of carbonyl (C=O) groups is 2. The van der Waals surface area contributed by atoms with Crippen LogP contribution >= 0.6 is 11.6 Å². The first kappa shape index (κ1) is 24.1. The van der Waals surface area contributed by atoms with E-state index in [0.717, 1.165) is 5.56 Å². The lowest BCUT2D eigenvalue weighted by Crippen LogP contribution is -2.37. The molecule has 0 aliphatic heterocycles. The number of rotatable bonds is 12. The third-order valence-electron chi connectivity index (χ3n) is 5.45. The van der Waals surface area contributed by atoms with Crippen LogP contribution in [0.25, 0.3) is 11.1 Å². The first-order valence-electron chi connectivity index (χ1n) is 10.0. The number of aliphatic hydroxyl groups is 1. The minimum Gasteiger partial charge on any atom is -0.481 e. The van der Waals surface area contributed by atoms with Crippen molar-refractivity contribution in [1.82, 2.24) is 0 Å². The molecule has 0 bridgehead atoms. The van der Waals surface area contributed by atoms with E-state index in [-0.39, 0.29) is 18.2 Å². The van der Waals surface area contributed by atoms with Gasteiger partial charge in [0.15, 0.2) is 7.28 Å². The number of hydrogen-bond donors (Lipinski definition) is 2. The third-order valence-corrected chi connectivity index (χ3v) is 5.68. The molecule has 0 amide bonds. The number of carboxylic acid groups (broad SMARTS) is 1. The van der Waals surface area contributed by atoms with E-state index in [1.807, 2.05) is 19.1 Å². The summed E-state index contributed by atoms with van der Waals surface area (Å²) >= 11 is 5.97. The summed E-state index contributed by atoms with van der Waals surface area (Å²) < 4.78 is 14.1. The lowest BCUT2D eigenvalue weighted by molar-refractivity contribution is -0.153. The second-order valence-electron chi connectivity index (χ2n) is 7.70. The molecular formula is C23H26BClFO4. The zero-order valence-electron chi connectivity index (χ0n) is 17.0. The van der Waals surface area contributed by atoms with Crippen LogP contribution in [-0.2, 0) is 16.0 Å². The summed E-state index contributed by atoms with van der Waals surface area (Å²) in [5.74, 6) is -1.51. The van der Waals surface area contributed by atoms with Crippen molar-refractivity contribution < 1.29 is 24.2 Å². The van der Waals surface area contributed by atoms with E-state index in [1.165, 1.54) is 19.4 Å². The topological polar surface area (TPSA) is 74.6 Å². The van der Waals surface area contributed by atoms with Gasteiger partial charge >= 0.3 is 5.97 Å². The Bertz CT molecular complexity index is 859. The number of benzene rings is 2. The molecule has 0 fully saturated rings. The molecular weight excluding hydrogens is 406 g/mol. The van der Waals surface area contributed by atoms with Gasteiger partial charge in [0.1, 0.15) is 5.82 Å². The van der Waals surface area contributed by atoms with E-state index in [4.69, 9.17) is 11.6 Å². The molecule has 2 aromatic rings. The molecule has 2 atom stereocenters. The molecule has 0 saturated heterocycles. The van der Waals surface area contributed by atoms with Gasteiger partial charge in [-0.25, -0.2) is 4.39 Å². The normalized spacial score (nSPS) is 14.0. The van der Waals surface area contributed by atoms with E-state index in [0.29, 0.717) is 47.9 Å². The summed E-state index contributed by atoms with van der Waals surface area (Å²) in [6.07, 6.45) is 2.94. The van der Waals surface area contributed by atoms with Crippen molar-refractivity contribution in [1.29, 1.82) is 0 Å². The Labute approximate surface area is 182 Å². The van der Waals surface area contributed by atoms with Gasteiger partial charge in [-0.05, 0) is 54.5 Å². The van der Waals surface area contributed by atoms with Crippen LogP contribution in [0.1, 0.15) is 31.7 Å². The lowest BCUT2D eigenvalue weighted by atomic mass is 9.65. The number of hydrogen-bond acceptors (Lipinski definition) is 3. The SMILES string of the molecule is CCCC(CO)(C[C@H](C[B]C=O)Cc1ccc(-c2cc(Cl)ccc2F)cc1)C(=O)O. The maximum Gasteiger partial charge on any atom is 0.311 e. The Hall–Kier alpha value is -2.18. The van der Waals surface area contributed by atoms with Crippen LogP contribution in [0, 0.1) is 17.2 Å². The van der Waals surface area contributed by atoms with E-state index in [2.05, 4.69) is 0 Å². The molecule has 0 spiro atoms. The Morgan fingerprint density at radius 1 is 1.27 bits per heavy atom. The fourth-order valence-electron chi connectivity index (χ4n) is 3.90. The quantitative estimate of drug-likeness (QED) is 0.371. The van der Waals surface area contributed by atoms with Gasteiger partial charge in [0.25, 0.3) is 0 Å². The summed E-state index contributed by atoms with van der Waals surface area (Å²) in [6, 6.07) is 11.7. The van der Waals surface area contributed by atoms with Gasteiger partial charge in [-0.15, -0.1) is 0 Å². The fourth-order valence-corrected chi connectivity index (χ4v) is 4.07. The van der Waals surface area contributed by atoms with Gasteiger partial charge in [0, 0.05) is 10.6 Å². The van der Waals surface area contributed by atoms with E-state index < -0.39 is 18.0 Å². The maximum absolute atomic E-state index is 14.1.